The average molecular weight is 305 g/mol. The number of carbonyl (C=O) groups excluding carboxylic acids is 2. The molecule has 0 atom stereocenters. The first-order valence-corrected chi connectivity index (χ1v) is 7.71. The maximum Gasteiger partial charge on any atom is 0.261 e. The van der Waals surface area contributed by atoms with Crippen LogP contribution < -0.4 is 11.1 Å². The lowest BCUT2D eigenvalue weighted by Crippen LogP contribution is -2.39. The molecule has 0 fully saturated rings. The zero-order valence-corrected chi connectivity index (χ0v) is 13.0. The molecule has 0 saturated carbocycles. The normalized spacial score (nSPS) is 10.6. The third kappa shape index (κ3) is 3.52. The molecule has 2 rings (SSSR count). The number of likely N-dealkylation sites (N-methyl/N-ethyl adjacent to an activating group) is 1. The Bertz CT molecular complexity index is 662. The highest BCUT2D eigenvalue weighted by molar-refractivity contribution is 7.20. The molecule has 1 aromatic carbocycles. The summed E-state index contributed by atoms with van der Waals surface area (Å²) in [6, 6.07) is 7.34. The molecule has 0 saturated heterocycles. The van der Waals surface area contributed by atoms with Gasteiger partial charge in [-0.2, -0.15) is 0 Å². The molecule has 6 heteroatoms. The lowest BCUT2D eigenvalue weighted by molar-refractivity contribution is -0.129. The number of carbonyl (C=O) groups is 2. The molecule has 0 spiro atoms. The number of benzene rings is 1. The van der Waals surface area contributed by atoms with Gasteiger partial charge in [-0.15, -0.1) is 11.3 Å². The molecule has 0 radical (unpaired) electrons. The molecule has 0 unspecified atom stereocenters. The molecule has 2 aromatic rings. The molecule has 112 valence electrons. The summed E-state index contributed by atoms with van der Waals surface area (Å²) in [6.07, 6.45) is 0. The summed E-state index contributed by atoms with van der Waals surface area (Å²) in [4.78, 5) is 26.2. The molecule has 0 aliphatic heterocycles. The fourth-order valence-electron chi connectivity index (χ4n) is 2.10. The minimum absolute atomic E-state index is 0.0247. The van der Waals surface area contributed by atoms with Crippen LogP contribution in [0, 0.1) is 0 Å². The van der Waals surface area contributed by atoms with Crippen LogP contribution in [0.5, 0.6) is 0 Å². The van der Waals surface area contributed by atoms with E-state index in [0.717, 1.165) is 10.1 Å². The SMILES string of the molecule is CCN(CC)C(=O)CNC(=O)c1cc2cc(N)ccc2s1. The zero-order valence-electron chi connectivity index (χ0n) is 12.2. The number of hydrogen-bond donors (Lipinski definition) is 2. The number of anilines is 1. The van der Waals surface area contributed by atoms with Gasteiger partial charge in [-0.25, -0.2) is 0 Å². The number of nitrogens with two attached hydrogens (primary N) is 1. The summed E-state index contributed by atoms with van der Waals surface area (Å²) in [5.41, 5.74) is 6.40. The second kappa shape index (κ2) is 6.58. The maximum absolute atomic E-state index is 12.1. The van der Waals surface area contributed by atoms with Crippen LogP contribution in [0.1, 0.15) is 23.5 Å². The van der Waals surface area contributed by atoms with E-state index in [4.69, 9.17) is 5.73 Å². The Labute approximate surface area is 127 Å². The van der Waals surface area contributed by atoms with Gasteiger partial charge in [-0.05, 0) is 43.5 Å². The van der Waals surface area contributed by atoms with Gasteiger partial charge in [-0.3, -0.25) is 9.59 Å². The molecular formula is C15H19N3O2S. The van der Waals surface area contributed by atoms with E-state index in [-0.39, 0.29) is 18.4 Å². The molecule has 0 bridgehead atoms. The highest BCUT2D eigenvalue weighted by Gasteiger charge is 2.14. The molecule has 1 aromatic heterocycles. The van der Waals surface area contributed by atoms with Crippen molar-refractivity contribution >= 4 is 38.9 Å². The second-order valence-corrected chi connectivity index (χ2v) is 5.74. The van der Waals surface area contributed by atoms with Crippen LogP contribution in [-0.2, 0) is 4.79 Å². The lowest BCUT2D eigenvalue weighted by atomic mass is 10.2. The predicted octanol–water partition coefficient (Wildman–Crippen LogP) is 2.08. The Kier molecular flexibility index (Phi) is 4.80. The Balaban J connectivity index is 2.03. The minimum atomic E-state index is -0.227. The van der Waals surface area contributed by atoms with Crippen molar-refractivity contribution in [3.05, 3.63) is 29.1 Å². The van der Waals surface area contributed by atoms with Crippen LogP contribution >= 0.6 is 11.3 Å². The van der Waals surface area contributed by atoms with Gasteiger partial charge in [0.25, 0.3) is 5.91 Å². The van der Waals surface area contributed by atoms with Gasteiger partial charge < -0.3 is 16.0 Å². The Hall–Kier alpha value is -2.08. The van der Waals surface area contributed by atoms with Crippen LogP contribution in [0.3, 0.4) is 0 Å². The van der Waals surface area contributed by atoms with E-state index in [1.807, 2.05) is 32.0 Å². The Morgan fingerprint density at radius 1 is 1.24 bits per heavy atom. The zero-order chi connectivity index (χ0) is 15.4. The second-order valence-electron chi connectivity index (χ2n) is 4.66. The highest BCUT2D eigenvalue weighted by Crippen LogP contribution is 2.27. The van der Waals surface area contributed by atoms with Gasteiger partial charge in [0.2, 0.25) is 5.91 Å². The molecule has 1 heterocycles. The topological polar surface area (TPSA) is 75.4 Å². The lowest BCUT2D eigenvalue weighted by Gasteiger charge is -2.18. The number of amides is 2. The molecule has 5 nitrogen and oxygen atoms in total. The number of fused-ring (bicyclic) bond motifs is 1. The van der Waals surface area contributed by atoms with Gasteiger partial charge in [0.05, 0.1) is 11.4 Å². The monoisotopic (exact) mass is 305 g/mol. The molecule has 2 amide bonds. The minimum Gasteiger partial charge on any atom is -0.399 e. The Morgan fingerprint density at radius 2 is 1.95 bits per heavy atom. The van der Waals surface area contributed by atoms with Gasteiger partial charge in [0.15, 0.2) is 0 Å². The van der Waals surface area contributed by atoms with Crippen molar-refractivity contribution in [2.45, 2.75) is 13.8 Å². The Morgan fingerprint density at radius 3 is 2.62 bits per heavy atom. The number of nitrogens with one attached hydrogen (secondary N) is 1. The first-order valence-electron chi connectivity index (χ1n) is 6.90. The van der Waals surface area contributed by atoms with Gasteiger partial charge in [0.1, 0.15) is 0 Å². The quantitative estimate of drug-likeness (QED) is 0.830. The first kappa shape index (κ1) is 15.3. The standard InChI is InChI=1S/C15H19N3O2S/c1-3-18(4-2)14(19)9-17-15(20)13-8-10-7-11(16)5-6-12(10)21-13/h5-8H,3-4,9,16H2,1-2H3,(H,17,20). The third-order valence-electron chi connectivity index (χ3n) is 3.28. The number of nitrogens with zero attached hydrogens (tertiary/aromatic N) is 1. The highest BCUT2D eigenvalue weighted by atomic mass is 32.1. The van der Waals surface area contributed by atoms with Crippen molar-refractivity contribution in [2.75, 3.05) is 25.4 Å². The van der Waals surface area contributed by atoms with Gasteiger partial charge in [-0.1, -0.05) is 0 Å². The van der Waals surface area contributed by atoms with Crippen LogP contribution in [0.4, 0.5) is 5.69 Å². The van der Waals surface area contributed by atoms with Crippen molar-refractivity contribution < 1.29 is 9.59 Å². The average Bonchev–Trinajstić information content (AvgIpc) is 2.89. The fourth-order valence-corrected chi connectivity index (χ4v) is 3.06. The summed E-state index contributed by atoms with van der Waals surface area (Å²) in [5, 5.41) is 3.62. The van der Waals surface area contributed by atoms with Crippen molar-refractivity contribution in [2.24, 2.45) is 0 Å². The molecule has 21 heavy (non-hydrogen) atoms. The first-order chi connectivity index (χ1) is 10.0. The maximum atomic E-state index is 12.1. The van der Waals surface area contributed by atoms with Crippen LogP contribution in [-0.4, -0.2) is 36.3 Å². The predicted molar refractivity (Wildman–Crippen MR) is 86.5 cm³/mol. The summed E-state index contributed by atoms with van der Waals surface area (Å²) < 4.78 is 1.00. The summed E-state index contributed by atoms with van der Waals surface area (Å²) >= 11 is 1.39. The summed E-state index contributed by atoms with van der Waals surface area (Å²) in [5.74, 6) is -0.297. The molecular weight excluding hydrogens is 286 g/mol. The van der Waals surface area contributed by atoms with E-state index in [0.29, 0.717) is 23.7 Å². The van der Waals surface area contributed by atoms with E-state index in [1.165, 1.54) is 11.3 Å². The summed E-state index contributed by atoms with van der Waals surface area (Å²) in [6.45, 7) is 5.15. The van der Waals surface area contributed by atoms with E-state index in [9.17, 15) is 9.59 Å². The largest absolute Gasteiger partial charge is 0.399 e. The van der Waals surface area contributed by atoms with E-state index in [2.05, 4.69) is 5.32 Å². The molecule has 3 N–H and O–H groups in total. The van der Waals surface area contributed by atoms with E-state index in [1.54, 1.807) is 11.0 Å². The van der Waals surface area contributed by atoms with Gasteiger partial charge >= 0.3 is 0 Å². The van der Waals surface area contributed by atoms with Crippen LogP contribution in [0.2, 0.25) is 0 Å². The number of nitrogen functional groups attached to an aromatic ring is 1. The van der Waals surface area contributed by atoms with Crippen molar-refractivity contribution in [1.29, 1.82) is 0 Å². The number of hydrogen-bond acceptors (Lipinski definition) is 4. The van der Waals surface area contributed by atoms with Crippen molar-refractivity contribution in [3.8, 4) is 0 Å². The van der Waals surface area contributed by atoms with Crippen LogP contribution in [0.25, 0.3) is 10.1 Å². The van der Waals surface area contributed by atoms with Crippen molar-refractivity contribution in [1.82, 2.24) is 10.2 Å². The smallest absolute Gasteiger partial charge is 0.261 e. The fraction of sp³-hybridized carbons (Fsp3) is 0.333. The summed E-state index contributed by atoms with van der Waals surface area (Å²) in [7, 11) is 0. The number of thiophene rings is 1. The number of rotatable bonds is 5. The molecule has 0 aliphatic carbocycles. The van der Waals surface area contributed by atoms with Crippen LogP contribution in [0.15, 0.2) is 24.3 Å². The third-order valence-corrected chi connectivity index (χ3v) is 4.40. The van der Waals surface area contributed by atoms with Crippen molar-refractivity contribution in [3.63, 3.8) is 0 Å². The molecule has 0 aliphatic rings. The van der Waals surface area contributed by atoms with Gasteiger partial charge in [0, 0.05) is 23.5 Å². The van der Waals surface area contributed by atoms with E-state index < -0.39 is 0 Å². The van der Waals surface area contributed by atoms with E-state index >= 15 is 0 Å².